The largest absolute Gasteiger partial charge is 0.391 e. The number of urea groups is 1. The number of fused-ring (bicyclic) bond motifs is 1. The number of carbonyl (C=O) groups is 1. The summed E-state index contributed by atoms with van der Waals surface area (Å²) in [4.78, 5) is 11.8. The topological polar surface area (TPSA) is 70.6 Å². The highest BCUT2D eigenvalue weighted by Crippen LogP contribution is 2.35. The molecule has 0 saturated heterocycles. The van der Waals surface area contributed by atoms with E-state index < -0.39 is 6.10 Å². The minimum Gasteiger partial charge on any atom is -0.391 e. The molecule has 0 spiro atoms. The highest BCUT2D eigenvalue weighted by atomic mass is 16.5. The van der Waals surface area contributed by atoms with Crippen molar-refractivity contribution in [1.82, 2.24) is 10.6 Å². The molecule has 1 aromatic carbocycles. The number of rotatable bonds is 7. The summed E-state index contributed by atoms with van der Waals surface area (Å²) in [5.41, 5.74) is 2.85. The molecule has 1 aliphatic rings. The summed E-state index contributed by atoms with van der Waals surface area (Å²) in [6, 6.07) is 8.28. The molecule has 5 nitrogen and oxygen atoms in total. The lowest BCUT2D eigenvalue weighted by Crippen LogP contribution is -2.42. The van der Waals surface area contributed by atoms with Crippen molar-refractivity contribution in [1.29, 1.82) is 0 Å². The number of hydrogen-bond acceptors (Lipinski definition) is 3. The van der Waals surface area contributed by atoms with Gasteiger partial charge in [0.25, 0.3) is 0 Å². The third-order valence-corrected chi connectivity index (χ3v) is 4.15. The molecular weight excluding hydrogens is 280 g/mol. The van der Waals surface area contributed by atoms with E-state index in [2.05, 4.69) is 41.8 Å². The van der Waals surface area contributed by atoms with Gasteiger partial charge in [-0.1, -0.05) is 31.2 Å². The number of benzene rings is 1. The molecule has 0 heterocycles. The van der Waals surface area contributed by atoms with Gasteiger partial charge in [-0.15, -0.1) is 0 Å². The van der Waals surface area contributed by atoms with Crippen molar-refractivity contribution in [3.05, 3.63) is 35.4 Å². The van der Waals surface area contributed by atoms with Crippen molar-refractivity contribution in [3.63, 3.8) is 0 Å². The third kappa shape index (κ3) is 4.71. The van der Waals surface area contributed by atoms with E-state index in [-0.39, 0.29) is 11.4 Å². The third-order valence-electron chi connectivity index (χ3n) is 4.15. The quantitative estimate of drug-likeness (QED) is 0.715. The van der Waals surface area contributed by atoms with Gasteiger partial charge in [0.15, 0.2) is 0 Å². The lowest BCUT2D eigenvalue weighted by molar-refractivity contribution is 0.0598. The number of ether oxygens (including phenoxy) is 1. The molecule has 0 saturated carbocycles. The van der Waals surface area contributed by atoms with E-state index >= 15 is 0 Å². The number of aliphatic hydroxyl groups excluding tert-OH is 1. The molecule has 3 N–H and O–H groups in total. The van der Waals surface area contributed by atoms with Crippen LogP contribution in [-0.4, -0.2) is 44.0 Å². The molecule has 122 valence electrons. The monoisotopic (exact) mass is 306 g/mol. The van der Waals surface area contributed by atoms with Gasteiger partial charge < -0.3 is 20.5 Å². The highest BCUT2D eigenvalue weighted by molar-refractivity contribution is 5.73. The van der Waals surface area contributed by atoms with Crippen molar-refractivity contribution in [3.8, 4) is 0 Å². The van der Waals surface area contributed by atoms with Crippen LogP contribution in [0.2, 0.25) is 0 Å². The van der Waals surface area contributed by atoms with E-state index in [1.807, 2.05) is 0 Å². The van der Waals surface area contributed by atoms with E-state index in [4.69, 9.17) is 4.74 Å². The normalized spacial score (nSPS) is 16.9. The molecular formula is C17H26N2O3. The average Bonchev–Trinajstić information content (AvgIpc) is 2.82. The van der Waals surface area contributed by atoms with Crippen molar-refractivity contribution in [2.45, 2.75) is 32.3 Å². The molecule has 1 aliphatic carbocycles. The van der Waals surface area contributed by atoms with Crippen LogP contribution in [0.15, 0.2) is 24.3 Å². The van der Waals surface area contributed by atoms with E-state index in [1.165, 1.54) is 11.1 Å². The second-order valence-electron chi connectivity index (χ2n) is 6.44. The van der Waals surface area contributed by atoms with Gasteiger partial charge in [-0.25, -0.2) is 4.79 Å². The Bertz CT molecular complexity index is 479. The molecule has 0 aliphatic heterocycles. The molecule has 1 aromatic rings. The average molecular weight is 306 g/mol. The zero-order valence-corrected chi connectivity index (χ0v) is 13.4. The number of nitrogens with one attached hydrogen (secondary N) is 2. The Hall–Kier alpha value is -1.59. The molecule has 1 atom stereocenters. The highest BCUT2D eigenvalue weighted by Gasteiger charge is 2.32. The first-order valence-electron chi connectivity index (χ1n) is 7.78. The smallest absolute Gasteiger partial charge is 0.314 e. The van der Waals surface area contributed by atoms with E-state index in [0.29, 0.717) is 26.1 Å². The maximum absolute atomic E-state index is 11.8. The molecule has 0 radical (unpaired) electrons. The summed E-state index contributed by atoms with van der Waals surface area (Å²) in [5, 5.41) is 15.2. The molecule has 2 rings (SSSR count). The Labute approximate surface area is 132 Å². The second-order valence-corrected chi connectivity index (χ2v) is 6.44. The first kappa shape index (κ1) is 16.8. The van der Waals surface area contributed by atoms with Gasteiger partial charge in [0.1, 0.15) is 0 Å². The van der Waals surface area contributed by atoms with Gasteiger partial charge >= 0.3 is 6.03 Å². The first-order valence-corrected chi connectivity index (χ1v) is 7.78. The van der Waals surface area contributed by atoms with Crippen molar-refractivity contribution >= 4 is 6.03 Å². The van der Waals surface area contributed by atoms with Crippen molar-refractivity contribution in [2.24, 2.45) is 5.41 Å². The zero-order chi connectivity index (χ0) is 16.0. The number of hydrogen-bond donors (Lipinski definition) is 3. The lowest BCUT2D eigenvalue weighted by atomic mass is 9.87. The van der Waals surface area contributed by atoms with Gasteiger partial charge in [-0.3, -0.25) is 0 Å². The fourth-order valence-corrected chi connectivity index (χ4v) is 2.99. The SMILES string of the molecule is COCC(O)CCNC(=O)NCC1(C)Cc2ccccc2C1. The second kappa shape index (κ2) is 7.61. The van der Waals surface area contributed by atoms with E-state index in [1.54, 1.807) is 7.11 Å². The fourth-order valence-electron chi connectivity index (χ4n) is 2.99. The van der Waals surface area contributed by atoms with Crippen LogP contribution in [0.5, 0.6) is 0 Å². The number of methoxy groups -OCH3 is 1. The molecule has 0 bridgehead atoms. The summed E-state index contributed by atoms with van der Waals surface area (Å²) in [7, 11) is 1.55. The van der Waals surface area contributed by atoms with Crippen LogP contribution < -0.4 is 10.6 Å². The maximum Gasteiger partial charge on any atom is 0.314 e. The van der Waals surface area contributed by atoms with Gasteiger partial charge in [0.05, 0.1) is 12.7 Å². The Balaban J connectivity index is 1.69. The predicted octanol–water partition coefficient (Wildman–Crippen LogP) is 1.49. The molecule has 2 amide bonds. The Morgan fingerprint density at radius 3 is 2.55 bits per heavy atom. The van der Waals surface area contributed by atoms with Crippen LogP contribution in [0.4, 0.5) is 4.79 Å². The first-order chi connectivity index (χ1) is 10.5. The summed E-state index contributed by atoms with van der Waals surface area (Å²) in [5.74, 6) is 0. The van der Waals surface area contributed by atoms with Crippen LogP contribution in [0.3, 0.4) is 0 Å². The Morgan fingerprint density at radius 1 is 1.32 bits per heavy atom. The summed E-state index contributed by atoms with van der Waals surface area (Å²) in [6.45, 7) is 3.58. The molecule has 0 fully saturated rings. The minimum atomic E-state index is -0.535. The molecule has 5 heteroatoms. The summed E-state index contributed by atoms with van der Waals surface area (Å²) in [6.07, 6.45) is 1.95. The van der Waals surface area contributed by atoms with Crippen molar-refractivity contribution in [2.75, 3.05) is 26.8 Å². The van der Waals surface area contributed by atoms with Gasteiger partial charge in [-0.2, -0.15) is 0 Å². The van der Waals surface area contributed by atoms with E-state index in [0.717, 1.165) is 12.8 Å². The molecule has 1 unspecified atom stereocenters. The Morgan fingerprint density at radius 2 is 1.95 bits per heavy atom. The number of carbonyl (C=O) groups excluding carboxylic acids is 1. The van der Waals surface area contributed by atoms with Gasteiger partial charge in [0.2, 0.25) is 0 Å². The van der Waals surface area contributed by atoms with E-state index in [9.17, 15) is 9.90 Å². The summed E-state index contributed by atoms with van der Waals surface area (Å²) < 4.78 is 4.84. The van der Waals surface area contributed by atoms with Crippen LogP contribution in [0.1, 0.15) is 24.5 Å². The molecule has 0 aromatic heterocycles. The Kier molecular flexibility index (Phi) is 5.80. The lowest BCUT2D eigenvalue weighted by Gasteiger charge is -2.24. The van der Waals surface area contributed by atoms with Gasteiger partial charge in [-0.05, 0) is 35.8 Å². The summed E-state index contributed by atoms with van der Waals surface area (Å²) >= 11 is 0. The van der Waals surface area contributed by atoms with Crippen LogP contribution in [0, 0.1) is 5.41 Å². The fraction of sp³-hybridized carbons (Fsp3) is 0.588. The van der Waals surface area contributed by atoms with Crippen molar-refractivity contribution < 1.29 is 14.6 Å². The standard InChI is InChI=1S/C17H26N2O3/c1-17(9-13-5-3-4-6-14(13)10-17)12-19-16(21)18-8-7-15(20)11-22-2/h3-6,15,20H,7-12H2,1-2H3,(H2,18,19,21). The van der Waals surface area contributed by atoms with Crippen LogP contribution in [-0.2, 0) is 17.6 Å². The number of aliphatic hydroxyl groups is 1. The molecule has 22 heavy (non-hydrogen) atoms. The van der Waals surface area contributed by atoms with Crippen LogP contribution in [0.25, 0.3) is 0 Å². The number of amides is 2. The zero-order valence-electron chi connectivity index (χ0n) is 13.4. The van der Waals surface area contributed by atoms with Gasteiger partial charge in [0, 0.05) is 20.2 Å². The van der Waals surface area contributed by atoms with Crippen LogP contribution >= 0.6 is 0 Å². The predicted molar refractivity (Wildman–Crippen MR) is 85.9 cm³/mol. The minimum absolute atomic E-state index is 0.0800. The maximum atomic E-state index is 11.8.